The maximum atomic E-state index is 10.9. The predicted molar refractivity (Wildman–Crippen MR) is 83.5 cm³/mol. The third kappa shape index (κ3) is 2.78. The lowest BCUT2D eigenvalue weighted by Gasteiger charge is -2.27. The highest BCUT2D eigenvalue weighted by Crippen LogP contribution is 2.36. The normalized spacial score (nSPS) is 18.4. The summed E-state index contributed by atoms with van der Waals surface area (Å²) in [6.45, 7) is 0. The summed E-state index contributed by atoms with van der Waals surface area (Å²) in [6, 6.07) is 18.9. The van der Waals surface area contributed by atoms with Gasteiger partial charge in [-0.3, -0.25) is 0 Å². The number of rotatable bonds is 2. The zero-order valence-electron chi connectivity index (χ0n) is 11.9. The lowest BCUT2D eigenvalue weighted by molar-refractivity contribution is 0.0207. The first-order valence-corrected chi connectivity index (χ1v) is 7.66. The largest absolute Gasteiger partial charge is 0.385 e. The molecule has 1 N–H and O–H groups in total. The van der Waals surface area contributed by atoms with E-state index in [0.29, 0.717) is 0 Å². The average molecular weight is 266 g/mol. The molecule has 0 spiro atoms. The summed E-state index contributed by atoms with van der Waals surface area (Å²) in [4.78, 5) is 0. The van der Waals surface area contributed by atoms with Crippen LogP contribution in [0, 0.1) is 0 Å². The van der Waals surface area contributed by atoms with Crippen LogP contribution in [-0.2, 0) is 5.60 Å². The molecule has 20 heavy (non-hydrogen) atoms. The lowest BCUT2D eigenvalue weighted by atomic mass is 9.86. The molecular formula is C19H22O. The van der Waals surface area contributed by atoms with E-state index in [-0.39, 0.29) is 0 Å². The fourth-order valence-corrected chi connectivity index (χ4v) is 3.21. The minimum absolute atomic E-state index is 0.605. The van der Waals surface area contributed by atoms with Crippen molar-refractivity contribution in [1.82, 2.24) is 0 Å². The summed E-state index contributed by atoms with van der Waals surface area (Å²) in [5, 5.41) is 10.9. The third-order valence-electron chi connectivity index (χ3n) is 4.46. The molecule has 1 nitrogen and oxygen atoms in total. The molecule has 0 aliphatic heterocycles. The molecule has 0 saturated heterocycles. The fraction of sp³-hybridized carbons (Fsp3) is 0.368. The van der Waals surface area contributed by atoms with Crippen molar-refractivity contribution in [3.05, 3.63) is 60.2 Å². The Balaban J connectivity index is 1.85. The highest BCUT2D eigenvalue weighted by atomic mass is 16.3. The van der Waals surface area contributed by atoms with Gasteiger partial charge in [0, 0.05) is 0 Å². The smallest absolute Gasteiger partial charge is 0.0896 e. The van der Waals surface area contributed by atoms with Crippen LogP contribution < -0.4 is 0 Å². The molecule has 1 aliphatic rings. The monoisotopic (exact) mass is 266 g/mol. The number of benzene rings is 2. The molecule has 1 fully saturated rings. The van der Waals surface area contributed by atoms with Gasteiger partial charge in [-0.15, -0.1) is 0 Å². The second kappa shape index (κ2) is 5.80. The molecule has 0 heterocycles. The van der Waals surface area contributed by atoms with Crippen molar-refractivity contribution in [2.45, 2.75) is 44.1 Å². The molecule has 1 heteroatoms. The third-order valence-corrected chi connectivity index (χ3v) is 4.46. The molecule has 1 aliphatic carbocycles. The fourth-order valence-electron chi connectivity index (χ4n) is 3.21. The van der Waals surface area contributed by atoms with E-state index in [1.54, 1.807) is 0 Å². The molecule has 0 aromatic heterocycles. The van der Waals surface area contributed by atoms with Crippen molar-refractivity contribution < 1.29 is 5.11 Å². The Morgan fingerprint density at radius 2 is 1.20 bits per heavy atom. The van der Waals surface area contributed by atoms with Gasteiger partial charge in [-0.2, -0.15) is 0 Å². The molecule has 0 atom stereocenters. The summed E-state index contributed by atoms with van der Waals surface area (Å²) in [5.41, 5.74) is 2.92. The van der Waals surface area contributed by atoms with Crippen LogP contribution in [0.15, 0.2) is 54.6 Å². The van der Waals surface area contributed by atoms with Crippen LogP contribution in [0.3, 0.4) is 0 Å². The topological polar surface area (TPSA) is 20.2 Å². The Labute approximate surface area is 121 Å². The summed E-state index contributed by atoms with van der Waals surface area (Å²) < 4.78 is 0. The Hall–Kier alpha value is -1.60. The van der Waals surface area contributed by atoms with Crippen LogP contribution >= 0.6 is 0 Å². The molecule has 104 valence electrons. The van der Waals surface area contributed by atoms with Crippen LogP contribution in [-0.4, -0.2) is 5.11 Å². The predicted octanol–water partition coefficient (Wildman–Crippen LogP) is 4.90. The first-order chi connectivity index (χ1) is 9.78. The van der Waals surface area contributed by atoms with Gasteiger partial charge in [0.05, 0.1) is 5.60 Å². The first-order valence-electron chi connectivity index (χ1n) is 7.66. The van der Waals surface area contributed by atoms with E-state index in [0.717, 1.165) is 31.2 Å². The lowest BCUT2D eigenvalue weighted by Crippen LogP contribution is -2.24. The van der Waals surface area contributed by atoms with Crippen molar-refractivity contribution in [1.29, 1.82) is 0 Å². The second-order valence-corrected chi connectivity index (χ2v) is 5.89. The van der Waals surface area contributed by atoms with Crippen molar-refractivity contribution in [2.75, 3.05) is 0 Å². The van der Waals surface area contributed by atoms with E-state index < -0.39 is 5.60 Å². The van der Waals surface area contributed by atoms with E-state index in [1.807, 2.05) is 6.07 Å². The van der Waals surface area contributed by atoms with Crippen molar-refractivity contribution in [3.8, 4) is 11.1 Å². The maximum absolute atomic E-state index is 10.9. The Morgan fingerprint density at radius 3 is 1.80 bits per heavy atom. The highest BCUT2D eigenvalue weighted by Gasteiger charge is 2.29. The SMILES string of the molecule is OC1(c2ccc(-c3ccccc3)cc2)CCCCCC1. The summed E-state index contributed by atoms with van der Waals surface area (Å²) in [7, 11) is 0. The molecule has 0 radical (unpaired) electrons. The van der Waals surface area contributed by atoms with Crippen molar-refractivity contribution in [3.63, 3.8) is 0 Å². The molecule has 0 unspecified atom stereocenters. The summed E-state index contributed by atoms with van der Waals surface area (Å²) in [6.07, 6.45) is 6.58. The van der Waals surface area contributed by atoms with E-state index in [9.17, 15) is 5.11 Å². The quantitative estimate of drug-likeness (QED) is 0.767. The Bertz CT molecular complexity index is 534. The van der Waals surface area contributed by atoms with Gasteiger partial charge >= 0.3 is 0 Å². The summed E-state index contributed by atoms with van der Waals surface area (Å²) in [5.74, 6) is 0. The van der Waals surface area contributed by atoms with Gasteiger partial charge in [-0.25, -0.2) is 0 Å². The zero-order valence-corrected chi connectivity index (χ0v) is 11.9. The number of hydrogen-bond acceptors (Lipinski definition) is 1. The van der Waals surface area contributed by atoms with Crippen LogP contribution in [0.5, 0.6) is 0 Å². The molecule has 3 rings (SSSR count). The van der Waals surface area contributed by atoms with Gasteiger partial charge in [-0.05, 0) is 29.5 Å². The van der Waals surface area contributed by atoms with Crippen LogP contribution in [0.2, 0.25) is 0 Å². The summed E-state index contributed by atoms with van der Waals surface area (Å²) >= 11 is 0. The van der Waals surface area contributed by atoms with Gasteiger partial charge in [0.1, 0.15) is 0 Å². The van der Waals surface area contributed by atoms with Crippen LogP contribution in [0.25, 0.3) is 11.1 Å². The van der Waals surface area contributed by atoms with Gasteiger partial charge < -0.3 is 5.11 Å². The van der Waals surface area contributed by atoms with Crippen molar-refractivity contribution >= 4 is 0 Å². The number of aliphatic hydroxyl groups is 1. The Morgan fingerprint density at radius 1 is 0.650 bits per heavy atom. The molecule has 2 aromatic carbocycles. The maximum Gasteiger partial charge on any atom is 0.0896 e. The molecular weight excluding hydrogens is 244 g/mol. The Kier molecular flexibility index (Phi) is 3.88. The van der Waals surface area contributed by atoms with Gasteiger partial charge in [-0.1, -0.05) is 80.3 Å². The van der Waals surface area contributed by atoms with E-state index >= 15 is 0 Å². The van der Waals surface area contributed by atoms with E-state index in [1.165, 1.54) is 24.0 Å². The van der Waals surface area contributed by atoms with Gasteiger partial charge in [0.25, 0.3) is 0 Å². The average Bonchev–Trinajstić information content (AvgIpc) is 2.74. The molecule has 2 aromatic rings. The van der Waals surface area contributed by atoms with Crippen LogP contribution in [0.4, 0.5) is 0 Å². The molecule has 1 saturated carbocycles. The molecule has 0 amide bonds. The highest BCUT2D eigenvalue weighted by molar-refractivity contribution is 5.63. The minimum Gasteiger partial charge on any atom is -0.385 e. The number of hydrogen-bond donors (Lipinski definition) is 1. The minimum atomic E-state index is -0.605. The van der Waals surface area contributed by atoms with E-state index in [2.05, 4.69) is 48.5 Å². The van der Waals surface area contributed by atoms with Gasteiger partial charge in [0.2, 0.25) is 0 Å². The van der Waals surface area contributed by atoms with Gasteiger partial charge in [0.15, 0.2) is 0 Å². The molecule has 0 bridgehead atoms. The first kappa shape index (κ1) is 13.4. The standard InChI is InChI=1S/C19H22O/c20-19(14-6-1-2-7-15-19)18-12-10-17(11-13-18)16-8-4-3-5-9-16/h3-5,8-13,20H,1-2,6-7,14-15H2. The van der Waals surface area contributed by atoms with Crippen molar-refractivity contribution in [2.24, 2.45) is 0 Å². The second-order valence-electron chi connectivity index (χ2n) is 5.89. The van der Waals surface area contributed by atoms with Crippen LogP contribution in [0.1, 0.15) is 44.1 Å². The zero-order chi connectivity index (χ0) is 13.8. The van der Waals surface area contributed by atoms with E-state index in [4.69, 9.17) is 0 Å².